The SMILES string of the molecule is CC[C@H]1OC(=O)[C@H](C)C(=O)[C@H](C)[C@@H](O[C@@H]2O[C@H](C)C[C@H](N(C)CCC(=O)N[C@H](CF)Cc3ccc(S(C)(=O)=O)cc3)[C@H]2O)C(C)(OC)C[C@@H](C)C(=O)[C@H](C)C2N(CCCCn3cnc(-c4cccnc4)c3)C(=O)OC21C. The number of sulfone groups is 1. The number of rotatable bonds is 19. The number of alkyl halides is 1. The first-order chi connectivity index (χ1) is 35.8. The average Bonchev–Trinajstić information content (AvgIpc) is 3.98. The maximum absolute atomic E-state index is 15.0. The minimum Gasteiger partial charge on any atom is -0.458 e. The van der Waals surface area contributed by atoms with E-state index in [1.807, 2.05) is 22.9 Å². The molecule has 0 saturated carbocycles. The maximum atomic E-state index is 15.0. The lowest BCUT2D eigenvalue weighted by molar-refractivity contribution is -0.296. The molecule has 0 aliphatic carbocycles. The second kappa shape index (κ2) is 25.5. The third kappa shape index (κ3) is 13.9. The van der Waals surface area contributed by atoms with Crippen LogP contribution >= 0.6 is 0 Å². The predicted octanol–water partition coefficient (Wildman–Crippen LogP) is 5.79. The summed E-state index contributed by atoms with van der Waals surface area (Å²) >= 11 is 0. The van der Waals surface area contributed by atoms with Crippen LogP contribution in [0.15, 0.2) is 66.2 Å². The lowest BCUT2D eigenvalue weighted by atomic mass is 9.73. The van der Waals surface area contributed by atoms with Crippen LogP contribution in [-0.4, -0.2) is 168 Å². The smallest absolute Gasteiger partial charge is 0.410 e. The molecule has 3 aromatic rings. The molecule has 1 aromatic carbocycles. The molecule has 0 spiro atoms. The van der Waals surface area contributed by atoms with Gasteiger partial charge in [0, 0.05) is 87.4 Å². The summed E-state index contributed by atoms with van der Waals surface area (Å²) in [6, 6.07) is 7.50. The third-order valence-electron chi connectivity index (χ3n) is 15.8. The Morgan fingerprint density at radius 2 is 1.72 bits per heavy atom. The van der Waals surface area contributed by atoms with Gasteiger partial charge in [0.25, 0.3) is 0 Å². The molecule has 2 amide bonds. The van der Waals surface area contributed by atoms with Crippen molar-refractivity contribution in [1.82, 2.24) is 29.7 Å². The highest BCUT2D eigenvalue weighted by atomic mass is 32.2. The molecule has 21 heteroatoms. The highest BCUT2D eigenvalue weighted by Gasteiger charge is 2.60. The van der Waals surface area contributed by atoms with E-state index in [2.05, 4.69) is 15.3 Å². The molecule has 14 atom stereocenters. The van der Waals surface area contributed by atoms with Gasteiger partial charge in [-0.05, 0) is 103 Å². The Morgan fingerprint density at radius 3 is 2.36 bits per heavy atom. The van der Waals surface area contributed by atoms with Crippen LogP contribution in [-0.2, 0) is 65.7 Å². The summed E-state index contributed by atoms with van der Waals surface area (Å²) in [5, 5.41) is 14.8. The van der Waals surface area contributed by atoms with E-state index in [1.165, 1.54) is 26.2 Å². The summed E-state index contributed by atoms with van der Waals surface area (Å²) < 4.78 is 71.5. The fraction of sp³-hybridized carbons (Fsp3) is 0.655. The van der Waals surface area contributed by atoms with Crippen LogP contribution in [0.1, 0.15) is 99.5 Å². The molecule has 3 aliphatic heterocycles. The molecule has 76 heavy (non-hydrogen) atoms. The van der Waals surface area contributed by atoms with Gasteiger partial charge >= 0.3 is 12.1 Å². The van der Waals surface area contributed by atoms with Crippen LogP contribution in [0.25, 0.3) is 11.3 Å². The summed E-state index contributed by atoms with van der Waals surface area (Å²) in [5.41, 5.74) is -0.556. The number of unbranched alkanes of at least 4 members (excludes halogenated alkanes) is 1. The van der Waals surface area contributed by atoms with Gasteiger partial charge in [0.05, 0.1) is 46.8 Å². The summed E-state index contributed by atoms with van der Waals surface area (Å²) in [5.74, 6) is -6.03. The minimum absolute atomic E-state index is 0.0256. The van der Waals surface area contributed by atoms with Gasteiger partial charge in [0.1, 0.15) is 30.6 Å². The van der Waals surface area contributed by atoms with Gasteiger partial charge in [-0.15, -0.1) is 0 Å². The number of ketones is 2. The first kappa shape index (κ1) is 60.0. The predicted molar refractivity (Wildman–Crippen MR) is 279 cm³/mol. The third-order valence-corrected chi connectivity index (χ3v) is 16.9. The number of hydrogen-bond donors (Lipinski definition) is 2. The molecule has 3 unspecified atom stereocenters. The Kier molecular flexibility index (Phi) is 20.2. The van der Waals surface area contributed by atoms with Crippen molar-refractivity contribution in [2.24, 2.45) is 23.7 Å². The first-order valence-corrected chi connectivity index (χ1v) is 28.3. The summed E-state index contributed by atoms with van der Waals surface area (Å²) in [7, 11) is -0.231. The molecule has 19 nitrogen and oxygen atoms in total. The summed E-state index contributed by atoms with van der Waals surface area (Å²) in [6.07, 6.45) is 4.09. The number of benzene rings is 1. The number of nitrogens with zero attached hydrogens (tertiary/aromatic N) is 5. The number of methoxy groups -OCH3 is 1. The Bertz CT molecular complexity index is 2590. The zero-order valence-corrected chi connectivity index (χ0v) is 46.7. The minimum atomic E-state index is -3.41. The van der Waals surface area contributed by atoms with Crippen molar-refractivity contribution in [3.05, 3.63) is 66.9 Å². The van der Waals surface area contributed by atoms with Gasteiger partial charge in [-0.3, -0.25) is 24.2 Å². The molecule has 5 heterocycles. The van der Waals surface area contributed by atoms with E-state index in [0.29, 0.717) is 31.4 Å². The van der Waals surface area contributed by atoms with Gasteiger partial charge in [-0.2, -0.15) is 0 Å². The van der Waals surface area contributed by atoms with E-state index in [0.717, 1.165) is 17.5 Å². The number of aryl methyl sites for hydroxylation is 1. The number of amides is 2. The van der Waals surface area contributed by atoms with E-state index >= 15 is 0 Å². The van der Waals surface area contributed by atoms with Crippen LogP contribution < -0.4 is 5.32 Å². The van der Waals surface area contributed by atoms with Crippen molar-refractivity contribution in [3.8, 4) is 11.3 Å². The Morgan fingerprint density at radius 1 is 1.03 bits per heavy atom. The Hall–Kier alpha value is -5.19. The second-order valence-corrected chi connectivity index (χ2v) is 23.6. The lowest BCUT2D eigenvalue weighted by Crippen LogP contribution is -2.60. The number of fused-ring (bicyclic) bond motifs is 1. The Labute approximate surface area is 446 Å². The number of cyclic esters (lactones) is 1. The average molecular weight is 1080 g/mol. The number of imidazole rings is 1. The van der Waals surface area contributed by atoms with E-state index in [-0.39, 0.29) is 49.5 Å². The quantitative estimate of drug-likeness (QED) is 0.0821. The number of aromatic nitrogens is 3. The molecule has 6 rings (SSSR count). The lowest BCUT2D eigenvalue weighted by Gasteiger charge is -2.47. The highest BCUT2D eigenvalue weighted by molar-refractivity contribution is 7.90. The van der Waals surface area contributed by atoms with E-state index in [1.54, 1.807) is 96.2 Å². The highest BCUT2D eigenvalue weighted by Crippen LogP contribution is 2.43. The number of aliphatic hydroxyl groups is 1. The molecule has 3 saturated heterocycles. The van der Waals surface area contributed by atoms with Crippen molar-refractivity contribution < 1.29 is 65.6 Å². The van der Waals surface area contributed by atoms with Crippen molar-refractivity contribution in [2.45, 2.75) is 172 Å². The number of esters is 1. The number of likely N-dealkylation sites (N-methyl/N-ethyl adjacent to an activating group) is 1. The Balaban J connectivity index is 1.18. The molecule has 3 aliphatic rings. The first-order valence-electron chi connectivity index (χ1n) is 26.4. The molecule has 0 bridgehead atoms. The number of Topliss-reactive ketones (excluding diaryl/α,β-unsaturated/α-hetero) is 2. The zero-order chi connectivity index (χ0) is 55.9. The number of halogens is 1. The molecule has 2 aromatic heterocycles. The van der Waals surface area contributed by atoms with Gasteiger partial charge in [-0.25, -0.2) is 22.6 Å². The fourth-order valence-corrected chi connectivity index (χ4v) is 12.0. The van der Waals surface area contributed by atoms with Gasteiger partial charge in [0.15, 0.2) is 27.5 Å². The van der Waals surface area contributed by atoms with E-state index in [9.17, 15) is 41.9 Å². The van der Waals surface area contributed by atoms with Crippen LogP contribution in [0.4, 0.5) is 9.18 Å². The number of carbonyl (C=O) groups excluding carboxylic acids is 5. The number of carbonyl (C=O) groups is 5. The summed E-state index contributed by atoms with van der Waals surface area (Å²) in [4.78, 5) is 83.2. The van der Waals surface area contributed by atoms with Crippen molar-refractivity contribution >= 4 is 39.4 Å². The van der Waals surface area contributed by atoms with Crippen LogP contribution in [0.2, 0.25) is 0 Å². The number of ether oxygens (including phenoxy) is 5. The van der Waals surface area contributed by atoms with Crippen LogP contribution in [0, 0.1) is 23.7 Å². The molecule has 3 fully saturated rings. The van der Waals surface area contributed by atoms with E-state index in [4.69, 9.17) is 23.7 Å². The largest absolute Gasteiger partial charge is 0.458 e. The number of hydrogen-bond acceptors (Lipinski definition) is 16. The van der Waals surface area contributed by atoms with Crippen molar-refractivity contribution in [1.29, 1.82) is 0 Å². The van der Waals surface area contributed by atoms with Gasteiger partial charge < -0.3 is 48.5 Å². The number of aliphatic hydroxyl groups excluding tert-OH is 1. The zero-order valence-electron chi connectivity index (χ0n) is 45.8. The standard InChI is InChI=1S/C55H79FN6O13S/c1-12-44-55(8)49(62(53(68)75-55)24-14-13-23-61-31-42(58-32-61)39-16-15-22-57-30-39)35(4)46(64)33(2)28-54(7,71-10)50(36(5)47(65)37(6)51(67)73-44)74-52-48(66)43(26-34(3)72-52)60(9)25-21-45(63)59-40(29-56)27-38-17-19-41(20-18-38)76(11,69)70/h15-20,22,30-37,40,43-44,48-50,52,66H,12-14,21,23-29H2,1-11H3,(H,59,63)/t33-,34-,35+,36+,37-,40+,43+,44-,48-,49?,50-,52+,54?,55?/m1/s1. The van der Waals surface area contributed by atoms with Gasteiger partial charge in [-0.1, -0.05) is 39.8 Å². The second-order valence-electron chi connectivity index (χ2n) is 21.6. The van der Waals surface area contributed by atoms with Crippen LogP contribution in [0.3, 0.4) is 0 Å². The topological polar surface area (TPSA) is 235 Å². The van der Waals surface area contributed by atoms with Gasteiger partial charge in [0.2, 0.25) is 5.91 Å². The molecule has 2 N–H and O–H groups in total. The summed E-state index contributed by atoms with van der Waals surface area (Å²) in [6.45, 7) is 13.7. The number of pyridine rings is 1. The van der Waals surface area contributed by atoms with E-state index < -0.39 is 124 Å². The molecule has 420 valence electrons. The van der Waals surface area contributed by atoms with Crippen LogP contribution in [0.5, 0.6) is 0 Å². The fourth-order valence-electron chi connectivity index (χ4n) is 11.4. The van der Waals surface area contributed by atoms with Crippen molar-refractivity contribution in [2.75, 3.05) is 40.2 Å². The normalized spacial score (nSPS) is 31.3. The van der Waals surface area contributed by atoms with Crippen molar-refractivity contribution in [3.63, 3.8) is 0 Å². The maximum Gasteiger partial charge on any atom is 0.410 e. The molecular formula is C55H79FN6O13S. The number of nitrogens with one attached hydrogen (secondary N) is 1. The monoisotopic (exact) mass is 1080 g/mol. The molecular weight excluding hydrogens is 1000 g/mol. The molecule has 0 radical (unpaired) electrons.